The molecule has 1 aromatic carbocycles. The minimum atomic E-state index is -0.930. The summed E-state index contributed by atoms with van der Waals surface area (Å²) in [7, 11) is 1.54. The lowest BCUT2D eigenvalue weighted by Gasteiger charge is -2.19. The minimum absolute atomic E-state index is 0.0560. The van der Waals surface area contributed by atoms with Crippen LogP contribution in [0, 0.1) is 5.82 Å². The van der Waals surface area contributed by atoms with Gasteiger partial charge in [0.25, 0.3) is 0 Å². The summed E-state index contributed by atoms with van der Waals surface area (Å²) in [5, 5.41) is 8.84. The first-order chi connectivity index (χ1) is 8.52. The van der Waals surface area contributed by atoms with Crippen molar-refractivity contribution in [3.8, 4) is 0 Å². The lowest BCUT2D eigenvalue weighted by Crippen LogP contribution is -2.32. The first-order valence-electron chi connectivity index (χ1n) is 5.40. The summed E-state index contributed by atoms with van der Waals surface area (Å²) in [6, 6.07) is 4.44. The Morgan fingerprint density at radius 2 is 2.28 bits per heavy atom. The maximum absolute atomic E-state index is 13.3. The average molecular weight is 276 g/mol. The van der Waals surface area contributed by atoms with Crippen LogP contribution in [0.5, 0.6) is 0 Å². The van der Waals surface area contributed by atoms with Crippen molar-refractivity contribution in [1.29, 1.82) is 0 Å². The Hall–Kier alpha value is -1.17. The Kier molecular flexibility index (Phi) is 6.04. The predicted molar refractivity (Wildman–Crippen MR) is 66.2 cm³/mol. The molecule has 0 fully saturated rings. The molecule has 0 atom stereocenters. The van der Waals surface area contributed by atoms with Gasteiger partial charge in [-0.2, -0.15) is 0 Å². The standard InChI is InChI=1S/C12H15ClFNO3/c1-18-5-4-15(8-12(16)17)7-9-2-3-10(13)11(14)6-9/h2-3,6H,4-5,7-8H2,1H3,(H,16,17). The fourth-order valence-electron chi connectivity index (χ4n) is 1.52. The lowest BCUT2D eigenvalue weighted by atomic mass is 10.2. The first kappa shape index (κ1) is 14.9. The maximum Gasteiger partial charge on any atom is 0.317 e. The second-order valence-electron chi connectivity index (χ2n) is 3.85. The van der Waals surface area contributed by atoms with E-state index in [0.29, 0.717) is 25.3 Å². The van der Waals surface area contributed by atoms with Crippen LogP contribution in [-0.2, 0) is 16.1 Å². The number of carbonyl (C=O) groups is 1. The number of ether oxygens (including phenoxy) is 1. The molecule has 0 radical (unpaired) electrons. The van der Waals surface area contributed by atoms with Gasteiger partial charge < -0.3 is 9.84 Å². The van der Waals surface area contributed by atoms with Gasteiger partial charge in [0.2, 0.25) is 0 Å². The number of rotatable bonds is 7. The molecule has 0 spiro atoms. The van der Waals surface area contributed by atoms with E-state index in [1.165, 1.54) is 12.1 Å². The molecule has 0 aliphatic rings. The Bertz CT molecular complexity index is 414. The van der Waals surface area contributed by atoms with Crippen molar-refractivity contribution >= 4 is 17.6 Å². The van der Waals surface area contributed by atoms with Crippen molar-refractivity contribution in [2.24, 2.45) is 0 Å². The van der Waals surface area contributed by atoms with Crippen molar-refractivity contribution in [3.05, 3.63) is 34.6 Å². The Balaban J connectivity index is 2.68. The molecule has 1 rings (SSSR count). The summed E-state index contributed by atoms with van der Waals surface area (Å²) in [5.74, 6) is -1.43. The van der Waals surface area contributed by atoms with Gasteiger partial charge in [0, 0.05) is 20.2 Å². The molecule has 0 aliphatic heterocycles. The fraction of sp³-hybridized carbons (Fsp3) is 0.417. The van der Waals surface area contributed by atoms with Crippen LogP contribution in [0.25, 0.3) is 0 Å². The normalized spacial score (nSPS) is 10.9. The molecule has 0 aliphatic carbocycles. The van der Waals surface area contributed by atoms with E-state index >= 15 is 0 Å². The van der Waals surface area contributed by atoms with Gasteiger partial charge >= 0.3 is 5.97 Å². The van der Waals surface area contributed by atoms with Crippen LogP contribution in [-0.4, -0.2) is 42.8 Å². The van der Waals surface area contributed by atoms with Gasteiger partial charge in [0.1, 0.15) is 5.82 Å². The molecule has 0 saturated carbocycles. The minimum Gasteiger partial charge on any atom is -0.480 e. The van der Waals surface area contributed by atoms with Crippen molar-refractivity contribution in [1.82, 2.24) is 4.90 Å². The second kappa shape index (κ2) is 7.31. The number of carboxylic acid groups (broad SMARTS) is 1. The highest BCUT2D eigenvalue weighted by Gasteiger charge is 2.11. The first-order valence-corrected chi connectivity index (χ1v) is 5.77. The zero-order chi connectivity index (χ0) is 13.5. The quantitative estimate of drug-likeness (QED) is 0.827. The fourth-order valence-corrected chi connectivity index (χ4v) is 1.64. The molecule has 4 nitrogen and oxygen atoms in total. The largest absolute Gasteiger partial charge is 0.480 e. The predicted octanol–water partition coefficient (Wildman–Crippen LogP) is 2.01. The molecule has 0 saturated heterocycles. The van der Waals surface area contributed by atoms with Gasteiger partial charge in [-0.3, -0.25) is 9.69 Å². The SMILES string of the molecule is COCCN(CC(=O)O)Cc1ccc(Cl)c(F)c1. The molecule has 6 heteroatoms. The molecular formula is C12H15ClFNO3. The number of halogens is 2. The van der Waals surface area contributed by atoms with Gasteiger partial charge in [-0.05, 0) is 17.7 Å². The smallest absolute Gasteiger partial charge is 0.317 e. The molecule has 0 amide bonds. The molecular weight excluding hydrogens is 261 g/mol. The summed E-state index contributed by atoms with van der Waals surface area (Å²) in [6.45, 7) is 1.10. The van der Waals surface area contributed by atoms with Crippen molar-refractivity contribution in [2.75, 3.05) is 26.8 Å². The zero-order valence-electron chi connectivity index (χ0n) is 10.0. The number of hydrogen-bond acceptors (Lipinski definition) is 3. The topological polar surface area (TPSA) is 49.8 Å². The van der Waals surface area contributed by atoms with E-state index in [4.69, 9.17) is 21.4 Å². The molecule has 0 aromatic heterocycles. The molecule has 1 aromatic rings. The summed E-state index contributed by atoms with van der Waals surface area (Å²) < 4.78 is 18.2. The second-order valence-corrected chi connectivity index (χ2v) is 4.25. The highest BCUT2D eigenvalue weighted by Crippen LogP contribution is 2.16. The Labute approximate surface area is 110 Å². The number of hydrogen-bond donors (Lipinski definition) is 1. The van der Waals surface area contributed by atoms with E-state index in [1.54, 1.807) is 18.1 Å². The summed E-state index contributed by atoms with van der Waals surface area (Å²) >= 11 is 5.58. The van der Waals surface area contributed by atoms with E-state index in [9.17, 15) is 9.18 Å². The van der Waals surface area contributed by atoms with Crippen LogP contribution in [0.4, 0.5) is 4.39 Å². The Morgan fingerprint density at radius 1 is 1.56 bits per heavy atom. The monoisotopic (exact) mass is 275 g/mol. The number of aliphatic carboxylic acids is 1. The van der Waals surface area contributed by atoms with Gasteiger partial charge in [0.15, 0.2) is 0 Å². The van der Waals surface area contributed by atoms with E-state index in [2.05, 4.69) is 0 Å². The molecule has 0 bridgehead atoms. The maximum atomic E-state index is 13.3. The van der Waals surface area contributed by atoms with Gasteiger partial charge in [-0.1, -0.05) is 17.7 Å². The van der Waals surface area contributed by atoms with E-state index in [1.807, 2.05) is 0 Å². The van der Waals surface area contributed by atoms with Crippen LogP contribution >= 0.6 is 11.6 Å². The Morgan fingerprint density at radius 3 is 2.83 bits per heavy atom. The zero-order valence-corrected chi connectivity index (χ0v) is 10.8. The summed E-state index contributed by atoms with van der Waals surface area (Å²) in [4.78, 5) is 12.4. The molecule has 0 heterocycles. The third-order valence-corrected chi connectivity index (χ3v) is 2.67. The van der Waals surface area contributed by atoms with E-state index in [0.717, 1.165) is 0 Å². The number of benzene rings is 1. The van der Waals surface area contributed by atoms with Crippen LogP contribution in [0.2, 0.25) is 5.02 Å². The number of methoxy groups -OCH3 is 1. The van der Waals surface area contributed by atoms with Gasteiger partial charge in [-0.15, -0.1) is 0 Å². The van der Waals surface area contributed by atoms with Crippen molar-refractivity contribution < 1.29 is 19.0 Å². The molecule has 18 heavy (non-hydrogen) atoms. The highest BCUT2D eigenvalue weighted by atomic mass is 35.5. The third-order valence-electron chi connectivity index (χ3n) is 2.36. The van der Waals surface area contributed by atoms with Crippen molar-refractivity contribution in [3.63, 3.8) is 0 Å². The van der Waals surface area contributed by atoms with Crippen LogP contribution in [0.3, 0.4) is 0 Å². The lowest BCUT2D eigenvalue weighted by molar-refractivity contribution is -0.138. The highest BCUT2D eigenvalue weighted by molar-refractivity contribution is 6.30. The third kappa shape index (κ3) is 5.00. The molecule has 0 unspecified atom stereocenters. The van der Waals surface area contributed by atoms with E-state index in [-0.39, 0.29) is 11.6 Å². The average Bonchev–Trinajstić information content (AvgIpc) is 2.30. The van der Waals surface area contributed by atoms with E-state index < -0.39 is 11.8 Å². The number of carboxylic acids is 1. The van der Waals surface area contributed by atoms with Crippen molar-refractivity contribution in [2.45, 2.75) is 6.54 Å². The van der Waals surface area contributed by atoms with Gasteiger partial charge in [0.05, 0.1) is 18.2 Å². The number of nitrogens with zero attached hydrogens (tertiary/aromatic N) is 1. The molecule has 100 valence electrons. The van der Waals surface area contributed by atoms with Crippen LogP contribution in [0.1, 0.15) is 5.56 Å². The summed E-state index contributed by atoms with van der Waals surface area (Å²) in [5.41, 5.74) is 0.675. The van der Waals surface area contributed by atoms with Gasteiger partial charge in [-0.25, -0.2) is 4.39 Å². The summed E-state index contributed by atoms with van der Waals surface area (Å²) in [6.07, 6.45) is 0. The van der Waals surface area contributed by atoms with Crippen LogP contribution < -0.4 is 0 Å². The van der Waals surface area contributed by atoms with Crippen LogP contribution in [0.15, 0.2) is 18.2 Å². The molecule has 1 N–H and O–H groups in total.